The van der Waals surface area contributed by atoms with Crippen molar-refractivity contribution in [3.8, 4) is 22.8 Å². The normalized spacial score (nSPS) is 10.6. The molecule has 0 radical (unpaired) electrons. The lowest BCUT2D eigenvalue weighted by atomic mass is 10.1. The molecule has 106 valence electrons. The van der Waals surface area contributed by atoms with Crippen LogP contribution in [0, 0.1) is 5.82 Å². The highest BCUT2D eigenvalue weighted by molar-refractivity contribution is 5.89. The van der Waals surface area contributed by atoms with Crippen molar-refractivity contribution in [3.63, 3.8) is 0 Å². The lowest BCUT2D eigenvalue weighted by Crippen LogP contribution is -1.95. The van der Waals surface area contributed by atoms with Crippen LogP contribution in [0.15, 0.2) is 48.5 Å². The Hall–Kier alpha value is -2.62. The molecule has 0 fully saturated rings. The van der Waals surface area contributed by atoms with Gasteiger partial charge in [-0.15, -0.1) is 0 Å². The Kier molecular flexibility index (Phi) is 3.44. The summed E-state index contributed by atoms with van der Waals surface area (Å²) in [4.78, 5) is 4.61. The number of methoxy groups -OCH3 is 2. The van der Waals surface area contributed by atoms with Crippen molar-refractivity contribution in [1.29, 1.82) is 0 Å². The van der Waals surface area contributed by atoms with Crippen LogP contribution < -0.4 is 9.47 Å². The topological polar surface area (TPSA) is 31.4 Å². The zero-order valence-electron chi connectivity index (χ0n) is 11.8. The lowest BCUT2D eigenvalue weighted by Gasteiger charge is -2.11. The molecular formula is C17H14FNO2. The van der Waals surface area contributed by atoms with Crippen LogP contribution in [-0.4, -0.2) is 19.2 Å². The van der Waals surface area contributed by atoms with Gasteiger partial charge in [0.2, 0.25) is 0 Å². The first kappa shape index (κ1) is 13.4. The Morgan fingerprint density at radius 2 is 1.67 bits per heavy atom. The van der Waals surface area contributed by atoms with Crippen molar-refractivity contribution in [2.24, 2.45) is 0 Å². The largest absolute Gasteiger partial charge is 0.494 e. The lowest BCUT2D eigenvalue weighted by molar-refractivity contribution is 0.413. The molecule has 0 saturated heterocycles. The number of fused-ring (bicyclic) bond motifs is 1. The van der Waals surface area contributed by atoms with Crippen LogP contribution in [0.25, 0.3) is 22.2 Å². The van der Waals surface area contributed by atoms with Crippen LogP contribution in [0.5, 0.6) is 11.5 Å². The van der Waals surface area contributed by atoms with Crippen molar-refractivity contribution < 1.29 is 13.9 Å². The molecule has 0 aliphatic rings. The van der Waals surface area contributed by atoms with E-state index in [0.717, 1.165) is 10.9 Å². The second-order valence-electron chi connectivity index (χ2n) is 4.58. The van der Waals surface area contributed by atoms with Crippen LogP contribution in [0.2, 0.25) is 0 Å². The first-order valence-electron chi connectivity index (χ1n) is 6.50. The number of benzene rings is 2. The first-order chi connectivity index (χ1) is 10.2. The Morgan fingerprint density at radius 1 is 0.905 bits per heavy atom. The Bertz CT molecular complexity index is 802. The zero-order chi connectivity index (χ0) is 14.8. The number of para-hydroxylation sites is 1. The molecule has 1 heterocycles. The van der Waals surface area contributed by atoms with Gasteiger partial charge in [-0.25, -0.2) is 9.37 Å². The molecule has 0 unspecified atom stereocenters. The van der Waals surface area contributed by atoms with Gasteiger partial charge < -0.3 is 9.47 Å². The Labute approximate surface area is 122 Å². The maximum absolute atomic E-state index is 13.5. The number of pyridine rings is 1. The van der Waals surface area contributed by atoms with Crippen LogP contribution in [-0.2, 0) is 0 Å². The van der Waals surface area contributed by atoms with E-state index in [4.69, 9.17) is 9.47 Å². The monoisotopic (exact) mass is 283 g/mol. The highest BCUT2D eigenvalue weighted by Gasteiger charge is 2.12. The van der Waals surface area contributed by atoms with Crippen molar-refractivity contribution in [2.45, 2.75) is 0 Å². The van der Waals surface area contributed by atoms with E-state index in [1.807, 2.05) is 24.3 Å². The molecule has 0 aliphatic carbocycles. The molecule has 2 aromatic carbocycles. The van der Waals surface area contributed by atoms with Crippen molar-refractivity contribution in [3.05, 3.63) is 54.3 Å². The minimum absolute atomic E-state index is 0.309. The molecule has 0 bridgehead atoms. The predicted octanol–water partition coefficient (Wildman–Crippen LogP) is 4.06. The number of hydrogen-bond donors (Lipinski definition) is 0. The van der Waals surface area contributed by atoms with E-state index in [1.54, 1.807) is 26.4 Å². The molecule has 0 aliphatic heterocycles. The highest BCUT2D eigenvalue weighted by Crippen LogP contribution is 2.34. The van der Waals surface area contributed by atoms with E-state index in [0.29, 0.717) is 22.8 Å². The molecule has 3 aromatic rings. The SMILES string of the molecule is COc1cc2cccc(OC)c2nc1-c1cccc(F)c1. The molecular weight excluding hydrogens is 269 g/mol. The van der Waals surface area contributed by atoms with E-state index in [2.05, 4.69) is 4.98 Å². The Morgan fingerprint density at radius 3 is 2.38 bits per heavy atom. The van der Waals surface area contributed by atoms with Crippen LogP contribution in [0.4, 0.5) is 4.39 Å². The van der Waals surface area contributed by atoms with Gasteiger partial charge in [0.25, 0.3) is 0 Å². The van der Waals surface area contributed by atoms with E-state index >= 15 is 0 Å². The third-order valence-electron chi connectivity index (χ3n) is 3.31. The number of aromatic nitrogens is 1. The second-order valence-corrected chi connectivity index (χ2v) is 4.58. The molecule has 3 nitrogen and oxygen atoms in total. The molecule has 0 N–H and O–H groups in total. The van der Waals surface area contributed by atoms with Gasteiger partial charge in [-0.05, 0) is 24.3 Å². The van der Waals surface area contributed by atoms with E-state index in [-0.39, 0.29) is 5.82 Å². The third kappa shape index (κ3) is 2.40. The molecule has 0 saturated carbocycles. The van der Waals surface area contributed by atoms with Crippen LogP contribution in [0.3, 0.4) is 0 Å². The van der Waals surface area contributed by atoms with Crippen LogP contribution >= 0.6 is 0 Å². The molecule has 0 amide bonds. The number of halogens is 1. The van der Waals surface area contributed by atoms with Gasteiger partial charge in [0.1, 0.15) is 28.5 Å². The maximum Gasteiger partial charge on any atom is 0.145 e. The van der Waals surface area contributed by atoms with E-state index in [1.165, 1.54) is 12.1 Å². The van der Waals surface area contributed by atoms with E-state index in [9.17, 15) is 4.39 Å². The van der Waals surface area contributed by atoms with Gasteiger partial charge in [0.15, 0.2) is 0 Å². The molecule has 21 heavy (non-hydrogen) atoms. The number of ether oxygens (including phenoxy) is 2. The first-order valence-corrected chi connectivity index (χ1v) is 6.50. The van der Waals surface area contributed by atoms with Crippen molar-refractivity contribution in [2.75, 3.05) is 14.2 Å². The predicted molar refractivity (Wildman–Crippen MR) is 80.2 cm³/mol. The fourth-order valence-electron chi connectivity index (χ4n) is 2.31. The number of nitrogens with zero attached hydrogens (tertiary/aromatic N) is 1. The second kappa shape index (κ2) is 5.40. The van der Waals surface area contributed by atoms with Crippen molar-refractivity contribution >= 4 is 10.9 Å². The van der Waals surface area contributed by atoms with Gasteiger partial charge in [-0.2, -0.15) is 0 Å². The highest BCUT2D eigenvalue weighted by atomic mass is 19.1. The van der Waals surface area contributed by atoms with Crippen LogP contribution in [0.1, 0.15) is 0 Å². The fourth-order valence-corrected chi connectivity index (χ4v) is 2.31. The number of hydrogen-bond acceptors (Lipinski definition) is 3. The fraction of sp³-hybridized carbons (Fsp3) is 0.118. The van der Waals surface area contributed by atoms with E-state index < -0.39 is 0 Å². The van der Waals surface area contributed by atoms with Gasteiger partial charge in [-0.1, -0.05) is 24.3 Å². The van der Waals surface area contributed by atoms with Gasteiger partial charge in [-0.3, -0.25) is 0 Å². The summed E-state index contributed by atoms with van der Waals surface area (Å²) in [5.41, 5.74) is 1.98. The quantitative estimate of drug-likeness (QED) is 0.726. The molecule has 1 aromatic heterocycles. The standard InChI is InChI=1S/C17H14FNO2/c1-20-14-8-4-6-12-10-15(21-2)17(19-16(12)14)11-5-3-7-13(18)9-11/h3-10H,1-2H3. The third-order valence-corrected chi connectivity index (χ3v) is 3.31. The van der Waals surface area contributed by atoms with Gasteiger partial charge in [0, 0.05) is 10.9 Å². The van der Waals surface area contributed by atoms with Crippen molar-refractivity contribution in [1.82, 2.24) is 4.98 Å². The molecule has 3 rings (SSSR count). The molecule has 0 spiro atoms. The molecule has 0 atom stereocenters. The summed E-state index contributed by atoms with van der Waals surface area (Å²) in [6, 6.07) is 13.8. The summed E-state index contributed by atoms with van der Waals surface area (Å²) in [5.74, 6) is 0.964. The summed E-state index contributed by atoms with van der Waals surface area (Å²) in [7, 11) is 3.17. The minimum atomic E-state index is -0.309. The Balaban J connectivity index is 2.30. The summed E-state index contributed by atoms with van der Waals surface area (Å²) >= 11 is 0. The summed E-state index contributed by atoms with van der Waals surface area (Å²) in [6.45, 7) is 0. The minimum Gasteiger partial charge on any atom is -0.494 e. The smallest absolute Gasteiger partial charge is 0.145 e. The maximum atomic E-state index is 13.5. The summed E-state index contributed by atoms with van der Waals surface area (Å²) < 4.78 is 24.2. The number of rotatable bonds is 3. The molecule has 4 heteroatoms. The average molecular weight is 283 g/mol. The summed E-state index contributed by atoms with van der Waals surface area (Å²) in [5, 5.41) is 0.909. The van der Waals surface area contributed by atoms with Gasteiger partial charge >= 0.3 is 0 Å². The van der Waals surface area contributed by atoms with Gasteiger partial charge in [0.05, 0.1) is 14.2 Å². The summed E-state index contributed by atoms with van der Waals surface area (Å²) in [6.07, 6.45) is 0. The average Bonchev–Trinajstić information content (AvgIpc) is 2.52. The zero-order valence-corrected chi connectivity index (χ0v) is 11.8.